The minimum atomic E-state index is -0.191. The molecule has 0 saturated heterocycles. The fourth-order valence-corrected chi connectivity index (χ4v) is 2.96. The van der Waals surface area contributed by atoms with Crippen LogP contribution in [0.3, 0.4) is 0 Å². The molecule has 4 nitrogen and oxygen atoms in total. The van der Waals surface area contributed by atoms with Gasteiger partial charge in [0.05, 0.1) is 11.8 Å². The maximum absolute atomic E-state index is 12.5. The number of hydrogen-bond donors (Lipinski definition) is 2. The molecule has 24 heavy (non-hydrogen) atoms. The molecular weight excluding hydrogens is 300 g/mol. The van der Waals surface area contributed by atoms with Crippen molar-refractivity contribution in [1.82, 2.24) is 5.32 Å². The van der Waals surface area contributed by atoms with E-state index >= 15 is 0 Å². The van der Waals surface area contributed by atoms with Crippen LogP contribution in [0.15, 0.2) is 24.3 Å². The van der Waals surface area contributed by atoms with E-state index in [4.69, 9.17) is 0 Å². The average molecular weight is 330 g/mol. The predicted molar refractivity (Wildman–Crippen MR) is 97.9 cm³/mol. The van der Waals surface area contributed by atoms with Gasteiger partial charge in [-0.05, 0) is 29.9 Å². The summed E-state index contributed by atoms with van der Waals surface area (Å²) in [6, 6.07) is 7.89. The van der Waals surface area contributed by atoms with E-state index in [9.17, 15) is 9.59 Å². The second-order valence-electron chi connectivity index (χ2n) is 7.73. The number of amides is 2. The van der Waals surface area contributed by atoms with E-state index in [1.165, 1.54) is 0 Å². The van der Waals surface area contributed by atoms with E-state index in [1.807, 2.05) is 24.3 Å². The van der Waals surface area contributed by atoms with Crippen molar-refractivity contribution in [1.29, 1.82) is 0 Å². The van der Waals surface area contributed by atoms with Gasteiger partial charge in [0.2, 0.25) is 11.8 Å². The van der Waals surface area contributed by atoms with Gasteiger partial charge in [0, 0.05) is 12.2 Å². The molecule has 2 rings (SSSR count). The minimum absolute atomic E-state index is 0.0235. The van der Waals surface area contributed by atoms with Gasteiger partial charge in [0.25, 0.3) is 0 Å². The van der Waals surface area contributed by atoms with E-state index in [0.717, 1.165) is 30.5 Å². The van der Waals surface area contributed by atoms with E-state index in [-0.39, 0.29) is 29.1 Å². The molecular formula is C20H30N2O2. The van der Waals surface area contributed by atoms with Crippen LogP contribution in [-0.4, -0.2) is 18.4 Å². The van der Waals surface area contributed by atoms with Crippen LogP contribution in [0.2, 0.25) is 0 Å². The Morgan fingerprint density at radius 1 is 1.08 bits per heavy atom. The molecule has 0 aromatic heterocycles. The summed E-state index contributed by atoms with van der Waals surface area (Å²) < 4.78 is 0. The third kappa shape index (κ3) is 4.83. The van der Waals surface area contributed by atoms with Crippen molar-refractivity contribution < 1.29 is 9.59 Å². The third-order valence-electron chi connectivity index (χ3n) is 4.54. The normalized spacial score (nSPS) is 19.7. The molecule has 2 atom stereocenters. The fourth-order valence-electron chi connectivity index (χ4n) is 2.96. The van der Waals surface area contributed by atoms with Gasteiger partial charge in [-0.3, -0.25) is 9.59 Å². The second-order valence-corrected chi connectivity index (χ2v) is 7.73. The molecule has 1 aliphatic carbocycles. The largest absolute Gasteiger partial charge is 0.356 e. The quantitative estimate of drug-likeness (QED) is 0.746. The Hall–Kier alpha value is -1.84. The van der Waals surface area contributed by atoms with Crippen LogP contribution < -0.4 is 10.6 Å². The van der Waals surface area contributed by atoms with Gasteiger partial charge >= 0.3 is 0 Å². The predicted octanol–water partition coefficient (Wildman–Crippen LogP) is 3.87. The van der Waals surface area contributed by atoms with Crippen LogP contribution in [0.1, 0.15) is 58.9 Å². The molecule has 1 aromatic rings. The summed E-state index contributed by atoms with van der Waals surface area (Å²) in [4.78, 5) is 24.5. The number of rotatable bonds is 7. The molecule has 2 unspecified atom stereocenters. The van der Waals surface area contributed by atoms with Gasteiger partial charge in [0.1, 0.15) is 0 Å². The lowest BCUT2D eigenvalue weighted by Gasteiger charge is -2.23. The topological polar surface area (TPSA) is 58.2 Å². The van der Waals surface area contributed by atoms with Crippen molar-refractivity contribution in [2.75, 3.05) is 11.9 Å². The molecule has 0 bridgehead atoms. The number of benzene rings is 1. The van der Waals surface area contributed by atoms with Crippen molar-refractivity contribution in [3.05, 3.63) is 29.8 Å². The van der Waals surface area contributed by atoms with E-state index in [1.54, 1.807) is 0 Å². The number of nitrogens with one attached hydrogen (secondary N) is 2. The molecule has 132 valence electrons. The number of anilines is 1. The third-order valence-corrected chi connectivity index (χ3v) is 4.54. The molecule has 1 aliphatic rings. The summed E-state index contributed by atoms with van der Waals surface area (Å²) in [6.07, 6.45) is 3.92. The summed E-state index contributed by atoms with van der Waals surface area (Å²) in [6.45, 7) is 9.23. The second kappa shape index (κ2) is 7.82. The molecule has 0 aliphatic heterocycles. The highest BCUT2D eigenvalue weighted by molar-refractivity contribution is 6.00. The maximum Gasteiger partial charge on any atom is 0.228 e. The smallest absolute Gasteiger partial charge is 0.228 e. The van der Waals surface area contributed by atoms with Gasteiger partial charge in [0.15, 0.2) is 0 Å². The summed E-state index contributed by atoms with van der Waals surface area (Å²) in [5.41, 5.74) is 1.92. The van der Waals surface area contributed by atoms with Crippen LogP contribution in [0.4, 0.5) is 5.69 Å². The van der Waals surface area contributed by atoms with Crippen LogP contribution >= 0.6 is 0 Å². The van der Waals surface area contributed by atoms with Gasteiger partial charge in [-0.1, -0.05) is 58.7 Å². The van der Waals surface area contributed by atoms with Crippen LogP contribution in [0.25, 0.3) is 0 Å². The van der Waals surface area contributed by atoms with Gasteiger partial charge in [-0.25, -0.2) is 0 Å². The molecule has 1 saturated carbocycles. The van der Waals surface area contributed by atoms with Crippen molar-refractivity contribution in [3.63, 3.8) is 0 Å². The van der Waals surface area contributed by atoms with Gasteiger partial charge < -0.3 is 10.6 Å². The zero-order chi connectivity index (χ0) is 17.7. The molecule has 1 fully saturated rings. The first-order valence-corrected chi connectivity index (χ1v) is 9.02. The number of carbonyl (C=O) groups is 2. The zero-order valence-electron chi connectivity index (χ0n) is 15.3. The molecule has 0 radical (unpaired) electrons. The highest BCUT2D eigenvalue weighted by Crippen LogP contribution is 2.40. The SMILES string of the molecule is CCCCCNC(=O)C1CC1C(=O)Nc1ccccc1C(C)(C)C. The Balaban J connectivity index is 1.88. The van der Waals surface area contributed by atoms with Crippen molar-refractivity contribution in [2.24, 2.45) is 11.8 Å². The Morgan fingerprint density at radius 3 is 2.42 bits per heavy atom. The lowest BCUT2D eigenvalue weighted by Crippen LogP contribution is -2.28. The van der Waals surface area contributed by atoms with Gasteiger partial charge in [-0.2, -0.15) is 0 Å². The Labute approximate surface area is 145 Å². The monoisotopic (exact) mass is 330 g/mol. The van der Waals surface area contributed by atoms with Crippen molar-refractivity contribution in [2.45, 2.75) is 58.8 Å². The minimum Gasteiger partial charge on any atom is -0.356 e. The zero-order valence-corrected chi connectivity index (χ0v) is 15.3. The Bertz CT molecular complexity index is 590. The molecule has 2 N–H and O–H groups in total. The van der Waals surface area contributed by atoms with E-state index in [0.29, 0.717) is 13.0 Å². The number of hydrogen-bond acceptors (Lipinski definition) is 2. The van der Waals surface area contributed by atoms with Crippen LogP contribution in [0.5, 0.6) is 0 Å². The first-order valence-electron chi connectivity index (χ1n) is 9.02. The highest BCUT2D eigenvalue weighted by atomic mass is 16.2. The lowest BCUT2D eigenvalue weighted by atomic mass is 9.86. The Morgan fingerprint density at radius 2 is 1.75 bits per heavy atom. The van der Waals surface area contributed by atoms with Crippen molar-refractivity contribution in [3.8, 4) is 0 Å². The highest BCUT2D eigenvalue weighted by Gasteiger charge is 2.48. The summed E-state index contributed by atoms with van der Waals surface area (Å²) in [7, 11) is 0. The first-order chi connectivity index (χ1) is 11.3. The van der Waals surface area contributed by atoms with Gasteiger partial charge in [-0.15, -0.1) is 0 Å². The summed E-state index contributed by atoms with van der Waals surface area (Å²) in [5, 5.41) is 5.97. The van der Waals surface area contributed by atoms with E-state index < -0.39 is 0 Å². The molecule has 4 heteroatoms. The Kier molecular flexibility index (Phi) is 6.03. The molecule has 0 heterocycles. The van der Waals surface area contributed by atoms with Crippen molar-refractivity contribution >= 4 is 17.5 Å². The first kappa shape index (κ1) is 18.5. The number of carbonyl (C=O) groups excluding carboxylic acids is 2. The number of unbranched alkanes of at least 4 members (excludes halogenated alkanes) is 2. The molecule has 0 spiro atoms. The van der Waals surface area contributed by atoms with Crippen LogP contribution in [-0.2, 0) is 15.0 Å². The van der Waals surface area contributed by atoms with E-state index in [2.05, 4.69) is 38.3 Å². The maximum atomic E-state index is 12.5. The average Bonchev–Trinajstić information content (AvgIpc) is 3.31. The number of para-hydroxylation sites is 1. The fraction of sp³-hybridized carbons (Fsp3) is 0.600. The lowest BCUT2D eigenvalue weighted by molar-refractivity contribution is -0.125. The summed E-state index contributed by atoms with van der Waals surface area (Å²) in [5.74, 6) is -0.367. The standard InChI is InChI=1S/C20H30N2O2/c1-5-6-9-12-21-18(23)14-13-15(14)19(24)22-17-11-8-7-10-16(17)20(2,3)4/h7-8,10-11,14-15H,5-6,9,12-13H2,1-4H3,(H,21,23)(H,22,24). The molecule has 2 amide bonds. The summed E-state index contributed by atoms with van der Waals surface area (Å²) >= 11 is 0. The van der Waals surface area contributed by atoms with Crippen LogP contribution in [0, 0.1) is 11.8 Å². The molecule has 1 aromatic carbocycles.